The molecule has 0 aliphatic rings. The van der Waals surface area contributed by atoms with Crippen LogP contribution in [0.1, 0.15) is 32.5 Å². The molecule has 9 heteroatoms. The van der Waals surface area contributed by atoms with Gasteiger partial charge in [0.05, 0.1) is 24.2 Å². The Kier molecular flexibility index (Phi) is 7.36. The number of ether oxygens (including phenoxy) is 2. The van der Waals surface area contributed by atoms with Crippen molar-refractivity contribution in [2.75, 3.05) is 38.4 Å². The number of methoxy groups -OCH3 is 1. The van der Waals surface area contributed by atoms with E-state index in [0.29, 0.717) is 32.7 Å². The van der Waals surface area contributed by atoms with Crippen LogP contribution in [0, 0.1) is 6.92 Å². The van der Waals surface area contributed by atoms with E-state index in [1.807, 2.05) is 31.2 Å². The Balaban J connectivity index is 2.23. The lowest BCUT2D eigenvalue weighted by Gasteiger charge is -2.11. The van der Waals surface area contributed by atoms with Crippen molar-refractivity contribution in [3.63, 3.8) is 0 Å². The second-order valence-electron chi connectivity index (χ2n) is 5.99. The number of benzene rings is 1. The van der Waals surface area contributed by atoms with Gasteiger partial charge in [0.25, 0.3) is 5.91 Å². The predicted octanol–water partition coefficient (Wildman–Crippen LogP) is 3.75. The third kappa shape index (κ3) is 4.99. The SMILES string of the molecule is CCOc1ccc(NC(=S)Nc2sc(C(=O)N(C)C)c(C)c2C(=O)OC)cc1. The van der Waals surface area contributed by atoms with E-state index in [4.69, 9.17) is 21.7 Å². The first-order valence-electron chi connectivity index (χ1n) is 8.52. The van der Waals surface area contributed by atoms with Gasteiger partial charge in [0, 0.05) is 19.8 Å². The molecule has 0 fully saturated rings. The number of carbonyl (C=O) groups excluding carboxylic acids is 2. The zero-order valence-electron chi connectivity index (χ0n) is 16.4. The molecule has 150 valence electrons. The first kappa shape index (κ1) is 21.6. The quantitative estimate of drug-likeness (QED) is 0.543. The normalized spacial score (nSPS) is 10.2. The van der Waals surface area contributed by atoms with Crippen LogP contribution in [0.3, 0.4) is 0 Å². The second kappa shape index (κ2) is 9.52. The fourth-order valence-electron chi connectivity index (χ4n) is 2.42. The molecule has 7 nitrogen and oxygen atoms in total. The van der Waals surface area contributed by atoms with Crippen molar-refractivity contribution in [1.29, 1.82) is 0 Å². The molecule has 2 N–H and O–H groups in total. The molecule has 0 unspecified atom stereocenters. The fourth-order valence-corrected chi connectivity index (χ4v) is 3.93. The summed E-state index contributed by atoms with van der Waals surface area (Å²) in [6, 6.07) is 7.33. The van der Waals surface area contributed by atoms with Gasteiger partial charge in [0.15, 0.2) is 5.11 Å². The van der Waals surface area contributed by atoms with Crippen molar-refractivity contribution in [3.05, 3.63) is 40.3 Å². The highest BCUT2D eigenvalue weighted by Gasteiger charge is 2.26. The average molecular weight is 422 g/mol. The second-order valence-corrected chi connectivity index (χ2v) is 7.42. The van der Waals surface area contributed by atoms with Crippen molar-refractivity contribution < 1.29 is 19.1 Å². The van der Waals surface area contributed by atoms with Crippen molar-refractivity contribution in [1.82, 2.24) is 4.90 Å². The molecule has 1 aromatic heterocycles. The lowest BCUT2D eigenvalue weighted by atomic mass is 10.1. The predicted molar refractivity (Wildman–Crippen MR) is 116 cm³/mol. The van der Waals surface area contributed by atoms with Gasteiger partial charge in [0.2, 0.25) is 0 Å². The van der Waals surface area contributed by atoms with Crippen molar-refractivity contribution in [2.45, 2.75) is 13.8 Å². The maximum absolute atomic E-state index is 12.4. The standard InChI is InChI=1S/C19H23N3O4S2/c1-6-26-13-9-7-12(8-10-13)20-19(27)21-16-14(18(24)25-5)11(2)15(28-16)17(23)22(3)4/h7-10H,6H2,1-5H3,(H2,20,21,27). The van der Waals surface area contributed by atoms with Crippen LogP contribution in [0.25, 0.3) is 0 Å². The van der Waals surface area contributed by atoms with Gasteiger partial charge in [0.1, 0.15) is 10.8 Å². The number of rotatable bonds is 6. The molecule has 2 aromatic rings. The molecule has 0 aliphatic carbocycles. The van der Waals surface area contributed by atoms with E-state index in [9.17, 15) is 9.59 Å². The Morgan fingerprint density at radius 2 is 1.82 bits per heavy atom. The molecule has 0 bridgehead atoms. The minimum absolute atomic E-state index is 0.189. The number of nitrogens with one attached hydrogen (secondary N) is 2. The van der Waals surface area contributed by atoms with Crippen LogP contribution in [-0.4, -0.2) is 49.7 Å². The summed E-state index contributed by atoms with van der Waals surface area (Å²) in [4.78, 5) is 26.6. The van der Waals surface area contributed by atoms with E-state index < -0.39 is 5.97 Å². The van der Waals surface area contributed by atoms with Crippen LogP contribution in [0.4, 0.5) is 10.7 Å². The number of thiophene rings is 1. The van der Waals surface area contributed by atoms with Crippen LogP contribution >= 0.6 is 23.6 Å². The van der Waals surface area contributed by atoms with E-state index in [1.165, 1.54) is 12.0 Å². The highest BCUT2D eigenvalue weighted by atomic mass is 32.1. The van der Waals surface area contributed by atoms with E-state index in [2.05, 4.69) is 10.6 Å². The molecule has 0 atom stereocenters. The lowest BCUT2D eigenvalue weighted by molar-refractivity contribution is 0.0601. The molecule has 0 spiro atoms. The first-order valence-corrected chi connectivity index (χ1v) is 9.75. The van der Waals surface area contributed by atoms with E-state index >= 15 is 0 Å². The number of hydrogen-bond acceptors (Lipinski definition) is 6. The molecule has 28 heavy (non-hydrogen) atoms. The van der Waals surface area contributed by atoms with Gasteiger partial charge in [-0.1, -0.05) is 0 Å². The summed E-state index contributed by atoms with van der Waals surface area (Å²) in [6.07, 6.45) is 0. The van der Waals surface area contributed by atoms with Crippen molar-refractivity contribution in [3.8, 4) is 5.75 Å². The van der Waals surface area contributed by atoms with Crippen LogP contribution in [0.5, 0.6) is 5.75 Å². The monoisotopic (exact) mass is 421 g/mol. The molecule has 1 aromatic carbocycles. The van der Waals surface area contributed by atoms with E-state index in [-0.39, 0.29) is 5.91 Å². The molecule has 0 aliphatic heterocycles. The molecule has 0 radical (unpaired) electrons. The van der Waals surface area contributed by atoms with Crippen LogP contribution in [0.15, 0.2) is 24.3 Å². The van der Waals surface area contributed by atoms with Gasteiger partial charge in [-0.05, 0) is 55.9 Å². The third-order valence-corrected chi connectivity index (χ3v) is 5.19. The zero-order chi connectivity index (χ0) is 20.8. The minimum atomic E-state index is -0.530. The summed E-state index contributed by atoms with van der Waals surface area (Å²) in [5.41, 5.74) is 1.62. The van der Waals surface area contributed by atoms with Gasteiger partial charge in [-0.3, -0.25) is 4.79 Å². The number of esters is 1. The Morgan fingerprint density at radius 1 is 1.18 bits per heavy atom. The zero-order valence-corrected chi connectivity index (χ0v) is 18.0. The molecule has 0 saturated heterocycles. The number of nitrogens with zero attached hydrogens (tertiary/aromatic N) is 1. The summed E-state index contributed by atoms with van der Waals surface area (Å²) < 4.78 is 10.3. The molecular formula is C19H23N3O4S2. The number of thiocarbonyl (C=S) groups is 1. The smallest absolute Gasteiger partial charge is 0.341 e. The highest BCUT2D eigenvalue weighted by molar-refractivity contribution is 7.80. The summed E-state index contributed by atoms with van der Waals surface area (Å²) in [5, 5.41) is 6.80. The maximum Gasteiger partial charge on any atom is 0.341 e. The van der Waals surface area contributed by atoms with E-state index in [0.717, 1.165) is 22.8 Å². The van der Waals surface area contributed by atoms with Crippen LogP contribution in [-0.2, 0) is 4.74 Å². The Bertz CT molecular complexity index is 876. The number of hydrogen-bond donors (Lipinski definition) is 2. The number of amides is 1. The Labute approximate surface area is 173 Å². The minimum Gasteiger partial charge on any atom is -0.494 e. The summed E-state index contributed by atoms with van der Waals surface area (Å²) in [6.45, 7) is 4.23. The molecule has 1 amide bonds. The Hall–Kier alpha value is -2.65. The highest BCUT2D eigenvalue weighted by Crippen LogP contribution is 2.34. The number of carbonyl (C=O) groups is 2. The maximum atomic E-state index is 12.4. The topological polar surface area (TPSA) is 79.9 Å². The van der Waals surface area contributed by atoms with Gasteiger partial charge in [-0.25, -0.2) is 4.79 Å². The van der Waals surface area contributed by atoms with Gasteiger partial charge in [-0.2, -0.15) is 0 Å². The van der Waals surface area contributed by atoms with Crippen molar-refractivity contribution in [2.24, 2.45) is 0 Å². The van der Waals surface area contributed by atoms with Gasteiger partial charge < -0.3 is 25.0 Å². The molecule has 0 saturated carbocycles. The molecule has 2 rings (SSSR count). The Morgan fingerprint density at radius 3 is 2.36 bits per heavy atom. The molecule has 1 heterocycles. The first-order chi connectivity index (χ1) is 13.3. The van der Waals surface area contributed by atoms with Crippen molar-refractivity contribution >= 4 is 51.2 Å². The van der Waals surface area contributed by atoms with Gasteiger partial charge in [-0.15, -0.1) is 11.3 Å². The molecular weight excluding hydrogens is 398 g/mol. The fraction of sp³-hybridized carbons (Fsp3) is 0.316. The summed E-state index contributed by atoms with van der Waals surface area (Å²) >= 11 is 6.52. The van der Waals surface area contributed by atoms with Crippen LogP contribution in [0.2, 0.25) is 0 Å². The number of anilines is 2. The summed E-state index contributed by atoms with van der Waals surface area (Å²) in [5.74, 6) is 0.0460. The van der Waals surface area contributed by atoms with E-state index in [1.54, 1.807) is 21.0 Å². The third-order valence-electron chi connectivity index (χ3n) is 3.79. The van der Waals surface area contributed by atoms with Gasteiger partial charge >= 0.3 is 5.97 Å². The lowest BCUT2D eigenvalue weighted by Crippen LogP contribution is -2.21. The average Bonchev–Trinajstić information content (AvgIpc) is 2.97. The largest absolute Gasteiger partial charge is 0.494 e. The summed E-state index contributed by atoms with van der Waals surface area (Å²) in [7, 11) is 4.61. The van der Waals surface area contributed by atoms with Crippen LogP contribution < -0.4 is 15.4 Å².